The average molecular weight is 251 g/mol. The Morgan fingerprint density at radius 2 is 2.17 bits per heavy atom. The molecule has 0 saturated carbocycles. The topological polar surface area (TPSA) is 96.5 Å². The highest BCUT2D eigenvalue weighted by Gasteiger charge is 2.14. The molecule has 0 aliphatic carbocycles. The van der Waals surface area contributed by atoms with Crippen LogP contribution in [0.25, 0.3) is 0 Å². The number of anilines is 1. The van der Waals surface area contributed by atoms with Gasteiger partial charge in [0.25, 0.3) is 0 Å². The first kappa shape index (κ1) is 14.0. The largest absolute Gasteiger partial charge is 0.480 e. The number of carbonyl (C=O) groups excluding carboxylic acids is 1. The Hall–Kier alpha value is -2.11. The molecule has 0 radical (unpaired) electrons. The predicted octanol–water partition coefficient (Wildman–Crippen LogP) is 0.727. The van der Waals surface area contributed by atoms with Crippen LogP contribution in [-0.2, 0) is 4.79 Å². The molecule has 1 amide bonds. The van der Waals surface area contributed by atoms with E-state index in [1.54, 1.807) is 4.90 Å². The molecule has 6 heteroatoms. The Kier molecular flexibility index (Phi) is 4.65. The third-order valence-electron chi connectivity index (χ3n) is 2.27. The van der Waals surface area contributed by atoms with Gasteiger partial charge < -0.3 is 15.7 Å². The molecule has 1 aromatic heterocycles. The number of aromatic nitrogens is 1. The molecule has 0 atom stereocenters. The molecule has 1 heterocycles. The van der Waals surface area contributed by atoms with Crippen LogP contribution < -0.4 is 10.6 Å². The summed E-state index contributed by atoms with van der Waals surface area (Å²) in [6.45, 7) is 4.34. The molecule has 0 bridgehead atoms. The van der Waals surface area contributed by atoms with Gasteiger partial charge in [0, 0.05) is 18.3 Å². The van der Waals surface area contributed by atoms with Gasteiger partial charge in [-0.15, -0.1) is 0 Å². The zero-order valence-electron chi connectivity index (χ0n) is 10.5. The van der Waals surface area contributed by atoms with Gasteiger partial charge in [-0.1, -0.05) is 13.8 Å². The Bertz CT molecular complexity index is 446. The van der Waals surface area contributed by atoms with E-state index in [9.17, 15) is 9.59 Å². The first-order chi connectivity index (χ1) is 8.40. The summed E-state index contributed by atoms with van der Waals surface area (Å²) < 4.78 is 0. The van der Waals surface area contributed by atoms with E-state index in [0.717, 1.165) is 0 Å². The van der Waals surface area contributed by atoms with Crippen LogP contribution in [0.4, 0.5) is 5.82 Å². The number of nitrogens with zero attached hydrogens (tertiary/aromatic N) is 2. The minimum absolute atomic E-state index is 0.159. The SMILES string of the molecule is CC(C)CN(CC(=O)O)c1cc(C(N)=O)ccn1. The number of nitrogens with two attached hydrogens (primary N) is 1. The van der Waals surface area contributed by atoms with Crippen molar-refractivity contribution in [2.45, 2.75) is 13.8 Å². The molecule has 6 nitrogen and oxygen atoms in total. The Labute approximate surface area is 105 Å². The summed E-state index contributed by atoms with van der Waals surface area (Å²) in [6, 6.07) is 3.01. The van der Waals surface area contributed by atoms with Crippen molar-refractivity contribution in [3.05, 3.63) is 23.9 Å². The van der Waals surface area contributed by atoms with E-state index in [1.165, 1.54) is 18.3 Å². The Morgan fingerprint density at radius 1 is 1.50 bits per heavy atom. The number of carboxylic acids is 1. The van der Waals surface area contributed by atoms with E-state index in [4.69, 9.17) is 10.8 Å². The normalized spacial score (nSPS) is 10.4. The summed E-state index contributed by atoms with van der Waals surface area (Å²) in [5.41, 5.74) is 5.50. The number of rotatable bonds is 6. The second kappa shape index (κ2) is 6.00. The predicted molar refractivity (Wildman–Crippen MR) is 67.4 cm³/mol. The van der Waals surface area contributed by atoms with Gasteiger partial charge >= 0.3 is 5.97 Å². The van der Waals surface area contributed by atoms with Gasteiger partial charge in [-0.2, -0.15) is 0 Å². The van der Waals surface area contributed by atoms with Crippen LogP contribution in [0.5, 0.6) is 0 Å². The summed E-state index contributed by atoms with van der Waals surface area (Å²) >= 11 is 0. The van der Waals surface area contributed by atoms with Crippen LogP contribution in [-0.4, -0.2) is 35.1 Å². The van der Waals surface area contributed by atoms with Crippen LogP contribution in [0.3, 0.4) is 0 Å². The molecular weight excluding hydrogens is 234 g/mol. The fourth-order valence-corrected chi connectivity index (χ4v) is 1.59. The van der Waals surface area contributed by atoms with Crippen molar-refractivity contribution in [2.24, 2.45) is 11.7 Å². The van der Waals surface area contributed by atoms with E-state index in [1.807, 2.05) is 13.8 Å². The summed E-state index contributed by atoms with van der Waals surface area (Å²) in [6.07, 6.45) is 1.45. The highest BCUT2D eigenvalue weighted by molar-refractivity contribution is 5.93. The summed E-state index contributed by atoms with van der Waals surface area (Å²) in [4.78, 5) is 27.6. The second-order valence-electron chi connectivity index (χ2n) is 4.44. The molecular formula is C12H17N3O3. The molecule has 1 aromatic rings. The van der Waals surface area contributed by atoms with Gasteiger partial charge in [-0.3, -0.25) is 9.59 Å². The third-order valence-corrected chi connectivity index (χ3v) is 2.27. The Morgan fingerprint density at radius 3 is 2.67 bits per heavy atom. The van der Waals surface area contributed by atoms with E-state index in [0.29, 0.717) is 17.9 Å². The summed E-state index contributed by atoms with van der Waals surface area (Å²) in [7, 11) is 0. The van der Waals surface area contributed by atoms with Gasteiger partial charge in [0.05, 0.1) is 0 Å². The van der Waals surface area contributed by atoms with Gasteiger partial charge in [0.15, 0.2) is 0 Å². The van der Waals surface area contributed by atoms with Crippen LogP contribution >= 0.6 is 0 Å². The molecule has 3 N–H and O–H groups in total. The maximum atomic E-state index is 11.1. The fraction of sp³-hybridized carbons (Fsp3) is 0.417. The maximum absolute atomic E-state index is 11.1. The lowest BCUT2D eigenvalue weighted by molar-refractivity contribution is -0.135. The molecule has 1 rings (SSSR count). The third kappa shape index (κ3) is 4.04. The molecule has 18 heavy (non-hydrogen) atoms. The lowest BCUT2D eigenvalue weighted by Crippen LogP contribution is -2.33. The number of aliphatic carboxylic acids is 1. The van der Waals surface area contributed by atoms with Gasteiger partial charge in [0.2, 0.25) is 5.91 Å². The summed E-state index contributed by atoms with van der Waals surface area (Å²) in [5.74, 6) is -0.772. The van der Waals surface area contributed by atoms with E-state index in [2.05, 4.69) is 4.98 Å². The number of amides is 1. The first-order valence-corrected chi connectivity index (χ1v) is 5.62. The van der Waals surface area contributed by atoms with Crippen molar-refractivity contribution >= 4 is 17.7 Å². The van der Waals surface area contributed by atoms with Crippen molar-refractivity contribution in [3.63, 3.8) is 0 Å². The molecule has 0 unspecified atom stereocenters. The van der Waals surface area contributed by atoms with Crippen molar-refractivity contribution in [3.8, 4) is 0 Å². The molecule has 0 aliphatic rings. The number of hydrogen-bond donors (Lipinski definition) is 2. The smallest absolute Gasteiger partial charge is 0.323 e. The standard InChI is InChI=1S/C12H17N3O3/c1-8(2)6-15(7-11(16)17)10-5-9(12(13)18)3-4-14-10/h3-5,8H,6-7H2,1-2H3,(H2,13,18)(H,16,17). The quantitative estimate of drug-likeness (QED) is 0.776. The van der Waals surface area contributed by atoms with Gasteiger partial charge in [0.1, 0.15) is 12.4 Å². The van der Waals surface area contributed by atoms with Crippen LogP contribution in [0.15, 0.2) is 18.3 Å². The number of carbonyl (C=O) groups is 2. The van der Waals surface area contributed by atoms with Crippen molar-refractivity contribution < 1.29 is 14.7 Å². The lowest BCUT2D eigenvalue weighted by atomic mass is 10.2. The van der Waals surface area contributed by atoms with E-state index >= 15 is 0 Å². The van der Waals surface area contributed by atoms with Crippen molar-refractivity contribution in [1.82, 2.24) is 4.98 Å². The van der Waals surface area contributed by atoms with E-state index in [-0.39, 0.29) is 12.5 Å². The van der Waals surface area contributed by atoms with Crippen LogP contribution in [0.1, 0.15) is 24.2 Å². The zero-order chi connectivity index (χ0) is 13.7. The van der Waals surface area contributed by atoms with Crippen molar-refractivity contribution in [2.75, 3.05) is 18.0 Å². The van der Waals surface area contributed by atoms with Gasteiger partial charge in [-0.25, -0.2) is 4.98 Å². The fourth-order valence-electron chi connectivity index (χ4n) is 1.59. The average Bonchev–Trinajstić information content (AvgIpc) is 2.27. The highest BCUT2D eigenvalue weighted by atomic mass is 16.4. The number of pyridine rings is 1. The van der Waals surface area contributed by atoms with Crippen LogP contribution in [0.2, 0.25) is 0 Å². The van der Waals surface area contributed by atoms with E-state index < -0.39 is 11.9 Å². The summed E-state index contributed by atoms with van der Waals surface area (Å²) in [5, 5.41) is 8.88. The molecule has 0 aromatic carbocycles. The highest BCUT2D eigenvalue weighted by Crippen LogP contribution is 2.14. The number of hydrogen-bond acceptors (Lipinski definition) is 4. The minimum Gasteiger partial charge on any atom is -0.480 e. The molecule has 0 spiro atoms. The number of primary amides is 1. The maximum Gasteiger partial charge on any atom is 0.323 e. The van der Waals surface area contributed by atoms with Gasteiger partial charge in [-0.05, 0) is 18.1 Å². The van der Waals surface area contributed by atoms with Crippen molar-refractivity contribution in [1.29, 1.82) is 0 Å². The monoisotopic (exact) mass is 251 g/mol. The first-order valence-electron chi connectivity index (χ1n) is 5.62. The molecule has 98 valence electrons. The minimum atomic E-state index is -0.943. The lowest BCUT2D eigenvalue weighted by Gasteiger charge is -2.23. The second-order valence-corrected chi connectivity index (χ2v) is 4.44. The number of carboxylic acid groups (broad SMARTS) is 1. The van der Waals surface area contributed by atoms with Crippen LogP contribution in [0, 0.1) is 5.92 Å². The Balaban J connectivity index is 3.00. The molecule has 0 saturated heterocycles. The zero-order valence-corrected chi connectivity index (χ0v) is 10.5. The molecule has 0 fully saturated rings. The molecule has 0 aliphatic heterocycles.